The first-order valence-electron chi connectivity index (χ1n) is 13.1. The lowest BCUT2D eigenvalue weighted by Crippen LogP contribution is -1.88. The lowest BCUT2D eigenvalue weighted by atomic mass is 9.90. The summed E-state index contributed by atoms with van der Waals surface area (Å²) in [5, 5.41) is 5.14. The van der Waals surface area contributed by atoms with Crippen molar-refractivity contribution < 1.29 is 0 Å². The van der Waals surface area contributed by atoms with E-state index in [-0.39, 0.29) is 0 Å². The van der Waals surface area contributed by atoms with Gasteiger partial charge in [-0.25, -0.2) is 0 Å². The monoisotopic (exact) mass is 482 g/mol. The molecule has 7 aromatic carbocycles. The highest BCUT2D eigenvalue weighted by Crippen LogP contribution is 2.38. The topological polar surface area (TPSA) is 0 Å². The van der Waals surface area contributed by atoms with Gasteiger partial charge in [0.15, 0.2) is 0 Å². The average Bonchev–Trinajstić information content (AvgIpc) is 3.01. The smallest absolute Gasteiger partial charge is 0.00988 e. The Morgan fingerprint density at radius 2 is 0.684 bits per heavy atom. The molecule has 7 aromatic rings. The maximum atomic E-state index is 2.34. The van der Waals surface area contributed by atoms with E-state index in [9.17, 15) is 0 Å². The number of hydrogen-bond donors (Lipinski definition) is 0. The number of fused-ring (bicyclic) bond motifs is 3. The van der Waals surface area contributed by atoms with Crippen LogP contribution in [0.4, 0.5) is 0 Å². The van der Waals surface area contributed by atoms with Crippen molar-refractivity contribution in [2.45, 2.75) is 0 Å². The van der Waals surface area contributed by atoms with Gasteiger partial charge in [0.25, 0.3) is 0 Å². The fourth-order valence-electron chi connectivity index (χ4n) is 5.55. The Kier molecular flexibility index (Phi) is 5.57. The molecule has 0 fully saturated rings. The summed E-state index contributed by atoms with van der Waals surface area (Å²) in [5.74, 6) is 0. The fraction of sp³-hybridized carbons (Fsp3) is 0. The normalized spacial score (nSPS) is 11.2. The van der Waals surface area contributed by atoms with Crippen LogP contribution in [-0.4, -0.2) is 0 Å². The van der Waals surface area contributed by atoms with Gasteiger partial charge in [-0.3, -0.25) is 0 Å². The summed E-state index contributed by atoms with van der Waals surface area (Å²) in [6.45, 7) is 0. The van der Waals surface area contributed by atoms with Crippen molar-refractivity contribution in [3.8, 4) is 44.5 Å². The van der Waals surface area contributed by atoms with E-state index >= 15 is 0 Å². The highest BCUT2D eigenvalue weighted by atomic mass is 14.2. The highest BCUT2D eigenvalue weighted by molar-refractivity contribution is 6.13. The molecule has 0 radical (unpaired) electrons. The van der Waals surface area contributed by atoms with Crippen LogP contribution in [0.3, 0.4) is 0 Å². The van der Waals surface area contributed by atoms with Gasteiger partial charge in [0.05, 0.1) is 0 Å². The summed E-state index contributed by atoms with van der Waals surface area (Å²) in [7, 11) is 0. The Labute approximate surface area is 223 Å². The lowest BCUT2D eigenvalue weighted by Gasteiger charge is -2.14. The Hall–Kier alpha value is -4.94. The molecular formula is C38H26. The van der Waals surface area contributed by atoms with E-state index in [1.807, 2.05) is 0 Å². The van der Waals surface area contributed by atoms with Gasteiger partial charge in [0, 0.05) is 0 Å². The van der Waals surface area contributed by atoms with Gasteiger partial charge < -0.3 is 0 Å². The van der Waals surface area contributed by atoms with Crippen LogP contribution in [0.2, 0.25) is 0 Å². The molecule has 0 N–H and O–H groups in total. The fourth-order valence-corrected chi connectivity index (χ4v) is 5.55. The van der Waals surface area contributed by atoms with Crippen LogP contribution >= 0.6 is 0 Å². The molecule has 0 saturated heterocycles. The van der Waals surface area contributed by atoms with Gasteiger partial charge in [-0.05, 0) is 96.4 Å². The summed E-state index contributed by atoms with van der Waals surface area (Å²) in [4.78, 5) is 0. The standard InChI is InChI=1S/C38H26/c1-3-12-27(13-4-1)32-23-33(28-14-5-2-6-15-28)25-34(24-32)29-17-11-18-30(22-29)38-26-31-16-7-8-19-35(31)36-20-9-10-21-37(36)38/h1-26H. The molecule has 0 heteroatoms. The van der Waals surface area contributed by atoms with Crippen molar-refractivity contribution in [1.82, 2.24) is 0 Å². The first-order chi connectivity index (χ1) is 18.8. The molecule has 0 aliphatic heterocycles. The molecule has 38 heavy (non-hydrogen) atoms. The zero-order valence-electron chi connectivity index (χ0n) is 21.0. The second-order valence-electron chi connectivity index (χ2n) is 9.80. The Morgan fingerprint density at radius 3 is 1.34 bits per heavy atom. The molecule has 0 spiro atoms. The number of benzene rings is 7. The van der Waals surface area contributed by atoms with Crippen molar-refractivity contribution >= 4 is 21.5 Å². The van der Waals surface area contributed by atoms with Gasteiger partial charge >= 0.3 is 0 Å². The predicted molar refractivity (Wildman–Crippen MR) is 163 cm³/mol. The Morgan fingerprint density at radius 1 is 0.237 bits per heavy atom. The summed E-state index contributed by atoms with van der Waals surface area (Å²) < 4.78 is 0. The van der Waals surface area contributed by atoms with Crippen LogP contribution in [0, 0.1) is 0 Å². The number of hydrogen-bond acceptors (Lipinski definition) is 0. The van der Waals surface area contributed by atoms with Crippen LogP contribution in [0.1, 0.15) is 0 Å². The van der Waals surface area contributed by atoms with Crippen LogP contribution in [0.5, 0.6) is 0 Å². The first-order valence-corrected chi connectivity index (χ1v) is 13.1. The van der Waals surface area contributed by atoms with E-state index in [0.717, 1.165) is 0 Å². The second kappa shape index (κ2) is 9.50. The van der Waals surface area contributed by atoms with Crippen molar-refractivity contribution in [2.75, 3.05) is 0 Å². The molecule has 0 amide bonds. The van der Waals surface area contributed by atoms with Crippen molar-refractivity contribution in [3.05, 3.63) is 158 Å². The largest absolute Gasteiger partial charge is 0.0622 e. The SMILES string of the molecule is c1ccc(-c2cc(-c3ccccc3)cc(-c3cccc(-c4cc5ccccc5c5ccccc45)c3)c2)cc1. The Bertz CT molecular complexity index is 1840. The van der Waals surface area contributed by atoms with Crippen LogP contribution < -0.4 is 0 Å². The van der Waals surface area contributed by atoms with Crippen molar-refractivity contribution in [1.29, 1.82) is 0 Å². The molecule has 0 nitrogen and oxygen atoms in total. The van der Waals surface area contributed by atoms with Gasteiger partial charge in [-0.2, -0.15) is 0 Å². The third-order valence-electron chi connectivity index (χ3n) is 7.42. The van der Waals surface area contributed by atoms with E-state index in [1.54, 1.807) is 0 Å². The molecule has 178 valence electrons. The molecule has 0 bridgehead atoms. The average molecular weight is 483 g/mol. The van der Waals surface area contributed by atoms with E-state index in [1.165, 1.54) is 66.1 Å². The van der Waals surface area contributed by atoms with E-state index in [2.05, 4.69) is 158 Å². The van der Waals surface area contributed by atoms with E-state index in [4.69, 9.17) is 0 Å². The first kappa shape index (κ1) is 22.3. The van der Waals surface area contributed by atoms with Crippen LogP contribution in [0.15, 0.2) is 158 Å². The summed E-state index contributed by atoms with van der Waals surface area (Å²) in [6, 6.07) is 57.0. The van der Waals surface area contributed by atoms with Gasteiger partial charge in [-0.15, -0.1) is 0 Å². The molecular weight excluding hydrogens is 456 g/mol. The third kappa shape index (κ3) is 4.07. The molecule has 7 rings (SSSR count). The minimum Gasteiger partial charge on any atom is -0.0622 e. The van der Waals surface area contributed by atoms with Crippen molar-refractivity contribution in [2.24, 2.45) is 0 Å². The minimum absolute atomic E-state index is 1.22. The molecule has 0 aromatic heterocycles. The zero-order valence-corrected chi connectivity index (χ0v) is 21.0. The molecule has 0 saturated carbocycles. The molecule has 0 unspecified atom stereocenters. The van der Waals surface area contributed by atoms with Crippen LogP contribution in [0.25, 0.3) is 66.1 Å². The van der Waals surface area contributed by atoms with Gasteiger partial charge in [0.1, 0.15) is 0 Å². The van der Waals surface area contributed by atoms with Crippen LogP contribution in [-0.2, 0) is 0 Å². The summed E-state index contributed by atoms with van der Waals surface area (Å²) in [6.07, 6.45) is 0. The third-order valence-corrected chi connectivity index (χ3v) is 7.42. The molecule has 0 atom stereocenters. The maximum Gasteiger partial charge on any atom is -0.00988 e. The van der Waals surface area contributed by atoms with Crippen molar-refractivity contribution in [3.63, 3.8) is 0 Å². The van der Waals surface area contributed by atoms with E-state index < -0.39 is 0 Å². The van der Waals surface area contributed by atoms with Gasteiger partial charge in [0.2, 0.25) is 0 Å². The van der Waals surface area contributed by atoms with E-state index in [0.29, 0.717) is 0 Å². The predicted octanol–water partition coefficient (Wildman–Crippen LogP) is 10.7. The number of rotatable bonds is 4. The summed E-state index contributed by atoms with van der Waals surface area (Å²) >= 11 is 0. The molecule has 0 aliphatic carbocycles. The molecule has 0 aliphatic rings. The minimum atomic E-state index is 1.22. The highest BCUT2D eigenvalue weighted by Gasteiger charge is 2.11. The van der Waals surface area contributed by atoms with Gasteiger partial charge in [-0.1, -0.05) is 127 Å². The Balaban J connectivity index is 1.42. The zero-order chi connectivity index (χ0) is 25.3. The second-order valence-corrected chi connectivity index (χ2v) is 9.80. The molecule has 0 heterocycles. The summed E-state index contributed by atoms with van der Waals surface area (Å²) in [5.41, 5.74) is 9.84. The maximum absolute atomic E-state index is 2.34. The quantitative estimate of drug-likeness (QED) is 0.219. The lowest BCUT2D eigenvalue weighted by molar-refractivity contribution is 1.56.